The second-order valence-corrected chi connectivity index (χ2v) is 1.99. The highest BCUT2D eigenvalue weighted by Crippen LogP contribution is 1.96. The molecule has 0 fully saturated rings. The normalized spacial score (nSPS) is 9.92. The van der Waals surface area contributed by atoms with Crippen LogP contribution in [0, 0.1) is 5.92 Å². The lowest BCUT2D eigenvalue weighted by Crippen LogP contribution is -1.92. The molecular formula is C9H14O4. The highest BCUT2D eigenvalue weighted by Gasteiger charge is 1.92. The Hall–Kier alpha value is -1.58. The first-order valence-corrected chi connectivity index (χ1v) is 3.70. The van der Waals surface area contributed by atoms with Crippen LogP contribution in [0.5, 0.6) is 0 Å². The molecule has 0 radical (unpaired) electrons. The van der Waals surface area contributed by atoms with E-state index in [1.165, 1.54) is 0 Å². The highest BCUT2D eigenvalue weighted by molar-refractivity contribution is 5.57. The van der Waals surface area contributed by atoms with Gasteiger partial charge in [0.05, 0.1) is 6.26 Å². The van der Waals surface area contributed by atoms with Crippen LogP contribution < -0.4 is 0 Å². The van der Waals surface area contributed by atoms with Gasteiger partial charge in [-0.1, -0.05) is 19.6 Å². The van der Waals surface area contributed by atoms with Gasteiger partial charge in [-0.2, -0.15) is 0 Å². The van der Waals surface area contributed by atoms with Gasteiger partial charge in [-0.3, -0.25) is 0 Å². The van der Waals surface area contributed by atoms with Gasteiger partial charge in [0.25, 0.3) is 0 Å². The quantitative estimate of drug-likeness (QED) is 0.316. The fraction of sp³-hybridized carbons (Fsp3) is 0.333. The minimum Gasteiger partial charge on any atom is -0.449 e. The maximum atomic E-state index is 9.90. The van der Waals surface area contributed by atoms with Crippen molar-refractivity contribution >= 4 is 12.4 Å². The van der Waals surface area contributed by atoms with Crippen molar-refractivity contribution in [2.24, 2.45) is 5.92 Å². The van der Waals surface area contributed by atoms with E-state index in [2.05, 4.69) is 17.9 Å². The molecule has 0 aromatic heterocycles. The Morgan fingerprint density at radius 1 is 1.62 bits per heavy atom. The maximum absolute atomic E-state index is 9.90. The molecule has 1 unspecified atom stereocenters. The van der Waals surface area contributed by atoms with Crippen molar-refractivity contribution in [2.75, 3.05) is 0 Å². The molecule has 0 saturated carbocycles. The topological polar surface area (TPSA) is 63.6 Å². The molecule has 0 aliphatic rings. The maximum Gasteiger partial charge on any atom is 0.510 e. The summed E-state index contributed by atoms with van der Waals surface area (Å²) in [4.78, 5) is 19.2. The van der Waals surface area contributed by atoms with E-state index >= 15 is 0 Å². The zero-order valence-corrected chi connectivity index (χ0v) is 7.60. The summed E-state index contributed by atoms with van der Waals surface area (Å²) < 4.78 is 3.72. The van der Waals surface area contributed by atoms with Gasteiger partial charge in [0.15, 0.2) is 0 Å². The van der Waals surface area contributed by atoms with Crippen LogP contribution in [0.15, 0.2) is 25.5 Å². The molecule has 0 rings (SSSR count). The van der Waals surface area contributed by atoms with Crippen molar-refractivity contribution in [3.05, 3.63) is 25.5 Å². The number of aldehydes is 1. The van der Waals surface area contributed by atoms with Crippen LogP contribution in [0.3, 0.4) is 0 Å². The number of carbonyl (C=O) groups excluding carboxylic acids is 1. The molecule has 4 heteroatoms. The number of hydrogen-bond acceptors (Lipinski definition) is 3. The molecule has 1 N–H and O–H groups in total. The summed E-state index contributed by atoms with van der Waals surface area (Å²) in [6, 6.07) is 0. The lowest BCUT2D eigenvalue weighted by Gasteiger charge is -1.92. The van der Waals surface area contributed by atoms with Gasteiger partial charge in [0, 0.05) is 5.92 Å². The van der Waals surface area contributed by atoms with Crippen molar-refractivity contribution in [3.63, 3.8) is 0 Å². The van der Waals surface area contributed by atoms with Crippen LogP contribution in [-0.2, 0) is 9.53 Å². The summed E-state index contributed by atoms with van der Waals surface area (Å²) in [6.45, 7) is 8.43. The molecule has 4 nitrogen and oxygen atoms in total. The first-order chi connectivity index (χ1) is 6.12. The average Bonchev–Trinajstić information content (AvgIpc) is 2.08. The Morgan fingerprint density at radius 2 is 2.15 bits per heavy atom. The Morgan fingerprint density at radius 3 is 2.15 bits per heavy atom. The Balaban J connectivity index is 0. The summed E-state index contributed by atoms with van der Waals surface area (Å²) in [5.41, 5.74) is 0. The predicted molar refractivity (Wildman–Crippen MR) is 49.3 cm³/mol. The summed E-state index contributed by atoms with van der Waals surface area (Å²) in [6.07, 6.45) is 2.96. The third-order valence-corrected chi connectivity index (χ3v) is 1.13. The van der Waals surface area contributed by atoms with E-state index in [1.807, 2.05) is 6.92 Å². The van der Waals surface area contributed by atoms with Crippen molar-refractivity contribution in [1.29, 1.82) is 0 Å². The van der Waals surface area contributed by atoms with E-state index in [9.17, 15) is 9.59 Å². The van der Waals surface area contributed by atoms with E-state index in [-0.39, 0.29) is 5.92 Å². The van der Waals surface area contributed by atoms with Crippen LogP contribution in [0.4, 0.5) is 4.79 Å². The van der Waals surface area contributed by atoms with Gasteiger partial charge < -0.3 is 14.6 Å². The Bertz CT molecular complexity index is 166. The molecule has 0 aromatic carbocycles. The summed E-state index contributed by atoms with van der Waals surface area (Å²) >= 11 is 0. The summed E-state index contributed by atoms with van der Waals surface area (Å²) in [5, 5.41) is 7.62. The lowest BCUT2D eigenvalue weighted by molar-refractivity contribution is -0.109. The van der Waals surface area contributed by atoms with E-state index < -0.39 is 6.16 Å². The predicted octanol–water partition coefficient (Wildman–Crippen LogP) is 2.22. The number of carboxylic acid groups (broad SMARTS) is 1. The van der Waals surface area contributed by atoms with Gasteiger partial charge >= 0.3 is 6.16 Å². The van der Waals surface area contributed by atoms with Crippen molar-refractivity contribution < 1.29 is 19.4 Å². The van der Waals surface area contributed by atoms with Gasteiger partial charge in [0.1, 0.15) is 6.29 Å². The minimum absolute atomic E-state index is 0.0694. The SMILES string of the molecule is C=CC(C=O)CC.C=COC(=O)O. The first-order valence-electron chi connectivity index (χ1n) is 3.70. The summed E-state index contributed by atoms with van der Waals surface area (Å²) in [5.74, 6) is 0.0694. The van der Waals surface area contributed by atoms with E-state index in [1.54, 1.807) is 6.08 Å². The van der Waals surface area contributed by atoms with Gasteiger partial charge in [-0.15, -0.1) is 6.58 Å². The smallest absolute Gasteiger partial charge is 0.449 e. The molecular weight excluding hydrogens is 172 g/mol. The molecule has 1 atom stereocenters. The van der Waals surface area contributed by atoms with E-state index in [0.29, 0.717) is 0 Å². The second-order valence-electron chi connectivity index (χ2n) is 1.99. The van der Waals surface area contributed by atoms with Crippen molar-refractivity contribution in [2.45, 2.75) is 13.3 Å². The fourth-order valence-electron chi connectivity index (χ4n) is 0.390. The average molecular weight is 186 g/mol. The lowest BCUT2D eigenvalue weighted by atomic mass is 10.1. The monoisotopic (exact) mass is 186 g/mol. The summed E-state index contributed by atoms with van der Waals surface area (Å²) in [7, 11) is 0. The third kappa shape index (κ3) is 13.4. The zero-order valence-electron chi connectivity index (χ0n) is 7.60. The molecule has 0 spiro atoms. The van der Waals surface area contributed by atoms with Crippen molar-refractivity contribution in [1.82, 2.24) is 0 Å². The highest BCUT2D eigenvalue weighted by atomic mass is 16.7. The Kier molecular flexibility index (Phi) is 11.2. The first kappa shape index (κ1) is 14.0. The van der Waals surface area contributed by atoms with E-state index in [4.69, 9.17) is 5.11 Å². The van der Waals surface area contributed by atoms with Gasteiger partial charge in [-0.05, 0) is 6.42 Å². The van der Waals surface area contributed by atoms with E-state index in [0.717, 1.165) is 19.0 Å². The van der Waals surface area contributed by atoms with Crippen LogP contribution in [0.1, 0.15) is 13.3 Å². The van der Waals surface area contributed by atoms with Crippen LogP contribution >= 0.6 is 0 Å². The molecule has 0 amide bonds. The van der Waals surface area contributed by atoms with Crippen LogP contribution in [0.25, 0.3) is 0 Å². The van der Waals surface area contributed by atoms with Gasteiger partial charge in [0.2, 0.25) is 0 Å². The van der Waals surface area contributed by atoms with Gasteiger partial charge in [-0.25, -0.2) is 4.79 Å². The molecule has 0 aromatic rings. The molecule has 0 heterocycles. The standard InChI is InChI=1S/C6H10O.C3H4O3/c1-3-6(4-2)5-7;1-2-6-3(4)5/h3,5-6H,1,4H2,2H3;2H,1H2,(H,4,5). The molecule has 13 heavy (non-hydrogen) atoms. The zero-order chi connectivity index (χ0) is 10.7. The van der Waals surface area contributed by atoms with Crippen LogP contribution in [-0.4, -0.2) is 17.5 Å². The number of allylic oxidation sites excluding steroid dienone is 1. The molecule has 74 valence electrons. The van der Waals surface area contributed by atoms with Crippen LogP contribution in [0.2, 0.25) is 0 Å². The number of ether oxygens (including phenoxy) is 1. The molecule has 0 saturated heterocycles. The molecule has 0 aliphatic carbocycles. The minimum atomic E-state index is -1.33. The number of rotatable bonds is 4. The second kappa shape index (κ2) is 10.4. The largest absolute Gasteiger partial charge is 0.510 e. The Labute approximate surface area is 77.5 Å². The van der Waals surface area contributed by atoms with Crippen molar-refractivity contribution in [3.8, 4) is 0 Å². The molecule has 0 aliphatic heterocycles. The number of carbonyl (C=O) groups is 2. The third-order valence-electron chi connectivity index (χ3n) is 1.13. The molecule has 0 bridgehead atoms. The number of hydrogen-bond donors (Lipinski definition) is 1. The fourth-order valence-corrected chi connectivity index (χ4v) is 0.390.